The minimum Gasteiger partial charge on any atom is -0.271 e. The Bertz CT molecular complexity index is 451. The minimum absolute atomic E-state index is 0.166. The lowest BCUT2D eigenvalue weighted by molar-refractivity contribution is -0.190. The number of carbonyl (C=O) groups excluding carboxylic acids is 2. The van der Waals surface area contributed by atoms with E-state index in [9.17, 15) is 9.59 Å². The van der Waals surface area contributed by atoms with Gasteiger partial charge in [-0.1, -0.05) is 22.8 Å². The third-order valence-corrected chi connectivity index (χ3v) is 2.31. The monoisotopic (exact) mass is 233 g/mol. The van der Waals surface area contributed by atoms with Crippen LogP contribution in [-0.4, -0.2) is 16.9 Å². The first-order chi connectivity index (χ1) is 8.16. The molecule has 2 amide bonds. The second-order valence-corrected chi connectivity index (χ2v) is 3.68. The van der Waals surface area contributed by atoms with Crippen molar-refractivity contribution in [3.8, 4) is 0 Å². The first kappa shape index (κ1) is 11.3. The molecule has 1 aliphatic heterocycles. The number of hydrogen-bond acceptors (Lipinski definition) is 5. The van der Waals surface area contributed by atoms with Crippen LogP contribution in [-0.2, 0) is 14.5 Å². The summed E-state index contributed by atoms with van der Waals surface area (Å²) >= 11 is 0. The molecule has 1 saturated heterocycles. The molecule has 6 nitrogen and oxygen atoms in total. The molecule has 0 saturated carbocycles. The molecule has 0 N–H and O–H groups in total. The average Bonchev–Trinajstić information content (AvgIpc) is 2.63. The van der Waals surface area contributed by atoms with Crippen molar-refractivity contribution < 1.29 is 14.5 Å². The van der Waals surface area contributed by atoms with Crippen molar-refractivity contribution in [1.29, 1.82) is 0 Å². The Morgan fingerprint density at radius 2 is 1.71 bits per heavy atom. The van der Waals surface area contributed by atoms with Gasteiger partial charge in [-0.15, -0.1) is 5.11 Å². The molecule has 0 radical (unpaired) electrons. The molecule has 1 aromatic rings. The Kier molecular flexibility index (Phi) is 3.13. The molecule has 0 atom stereocenters. The predicted octanol–water partition coefficient (Wildman–Crippen LogP) is 2.07. The van der Waals surface area contributed by atoms with E-state index < -0.39 is 11.8 Å². The Morgan fingerprint density at radius 3 is 2.29 bits per heavy atom. The summed E-state index contributed by atoms with van der Waals surface area (Å²) in [5, 5.41) is 7.74. The van der Waals surface area contributed by atoms with Crippen LogP contribution < -0.4 is 0 Å². The Hall–Kier alpha value is -2.24. The largest absolute Gasteiger partial charge is 0.271 e. The van der Waals surface area contributed by atoms with E-state index in [4.69, 9.17) is 0 Å². The molecule has 0 spiro atoms. The van der Waals surface area contributed by atoms with E-state index in [1.54, 1.807) is 12.1 Å². The first-order valence-electron chi connectivity index (χ1n) is 5.17. The maximum atomic E-state index is 11.2. The Morgan fingerprint density at radius 1 is 1.12 bits per heavy atom. The fourth-order valence-electron chi connectivity index (χ4n) is 1.36. The van der Waals surface area contributed by atoms with E-state index in [1.807, 2.05) is 19.1 Å². The van der Waals surface area contributed by atoms with Crippen LogP contribution in [0.15, 0.2) is 34.7 Å². The SMILES string of the molecule is Cc1ccc(N=NON2C(=O)CCC2=O)cc1. The number of imide groups is 1. The molecular weight excluding hydrogens is 222 g/mol. The predicted molar refractivity (Wildman–Crippen MR) is 57.9 cm³/mol. The van der Waals surface area contributed by atoms with Gasteiger partial charge in [0.2, 0.25) is 0 Å². The fourth-order valence-corrected chi connectivity index (χ4v) is 1.36. The molecule has 0 aromatic heterocycles. The summed E-state index contributed by atoms with van der Waals surface area (Å²) in [4.78, 5) is 27.0. The van der Waals surface area contributed by atoms with Crippen molar-refractivity contribution in [2.75, 3.05) is 0 Å². The van der Waals surface area contributed by atoms with E-state index in [-0.39, 0.29) is 12.8 Å². The zero-order chi connectivity index (χ0) is 12.3. The molecule has 1 fully saturated rings. The van der Waals surface area contributed by atoms with Crippen LogP contribution in [0.2, 0.25) is 0 Å². The van der Waals surface area contributed by atoms with Gasteiger partial charge in [-0.25, -0.2) is 4.94 Å². The molecule has 1 aromatic carbocycles. The molecule has 88 valence electrons. The van der Waals surface area contributed by atoms with Gasteiger partial charge in [-0.3, -0.25) is 9.59 Å². The van der Waals surface area contributed by atoms with Crippen LogP contribution in [0.4, 0.5) is 5.69 Å². The standard InChI is InChI=1S/C11H11N3O3/c1-8-2-4-9(5-3-8)12-13-17-14-10(15)6-7-11(14)16/h2-5H,6-7H2,1H3. The average molecular weight is 233 g/mol. The van der Waals surface area contributed by atoms with Crippen molar-refractivity contribution in [2.24, 2.45) is 10.4 Å². The number of carbonyl (C=O) groups is 2. The van der Waals surface area contributed by atoms with Gasteiger partial charge in [0.05, 0.1) is 11.0 Å². The van der Waals surface area contributed by atoms with Gasteiger partial charge in [0.25, 0.3) is 11.8 Å². The summed E-state index contributed by atoms with van der Waals surface area (Å²) in [6.07, 6.45) is 0.331. The van der Waals surface area contributed by atoms with E-state index >= 15 is 0 Å². The van der Waals surface area contributed by atoms with E-state index in [0.29, 0.717) is 10.8 Å². The van der Waals surface area contributed by atoms with E-state index in [2.05, 4.69) is 15.3 Å². The topological polar surface area (TPSA) is 71.3 Å². The molecule has 0 aliphatic carbocycles. The third-order valence-electron chi connectivity index (χ3n) is 2.31. The molecule has 1 aliphatic rings. The zero-order valence-electron chi connectivity index (χ0n) is 9.29. The highest BCUT2D eigenvalue weighted by Crippen LogP contribution is 2.15. The van der Waals surface area contributed by atoms with Gasteiger partial charge in [-0.05, 0) is 19.1 Å². The molecular formula is C11H11N3O3. The fraction of sp³-hybridized carbons (Fsp3) is 0.273. The highest BCUT2D eigenvalue weighted by atomic mass is 16.8. The molecule has 2 rings (SSSR count). The quantitative estimate of drug-likeness (QED) is 0.455. The number of amides is 2. The maximum Gasteiger partial charge on any atom is 0.266 e. The van der Waals surface area contributed by atoms with E-state index in [1.165, 1.54) is 0 Å². The molecule has 17 heavy (non-hydrogen) atoms. The zero-order valence-corrected chi connectivity index (χ0v) is 9.29. The molecule has 6 heteroatoms. The van der Waals surface area contributed by atoms with Gasteiger partial charge in [0, 0.05) is 12.8 Å². The van der Waals surface area contributed by atoms with Crippen molar-refractivity contribution in [3.63, 3.8) is 0 Å². The molecule has 0 unspecified atom stereocenters. The van der Waals surface area contributed by atoms with Crippen LogP contribution in [0.5, 0.6) is 0 Å². The second kappa shape index (κ2) is 4.73. The maximum absolute atomic E-state index is 11.2. The number of nitrogens with zero attached hydrogens (tertiary/aromatic N) is 3. The van der Waals surface area contributed by atoms with Crippen molar-refractivity contribution in [2.45, 2.75) is 19.8 Å². The van der Waals surface area contributed by atoms with Crippen molar-refractivity contribution in [3.05, 3.63) is 29.8 Å². The second-order valence-electron chi connectivity index (χ2n) is 3.68. The van der Waals surface area contributed by atoms with Gasteiger partial charge < -0.3 is 0 Å². The van der Waals surface area contributed by atoms with E-state index in [0.717, 1.165) is 5.56 Å². The summed E-state index contributed by atoms with van der Waals surface area (Å²) in [5.74, 6) is -0.782. The number of hydroxylamine groups is 2. The summed E-state index contributed by atoms with van der Waals surface area (Å²) in [5.41, 5.74) is 1.70. The first-order valence-corrected chi connectivity index (χ1v) is 5.17. The van der Waals surface area contributed by atoms with Crippen LogP contribution in [0.25, 0.3) is 0 Å². The van der Waals surface area contributed by atoms with Gasteiger partial charge in [-0.2, -0.15) is 0 Å². The van der Waals surface area contributed by atoms with Crippen LogP contribution in [0.1, 0.15) is 18.4 Å². The number of benzene rings is 1. The van der Waals surface area contributed by atoms with Crippen molar-refractivity contribution >= 4 is 17.5 Å². The van der Waals surface area contributed by atoms with Crippen LogP contribution >= 0.6 is 0 Å². The smallest absolute Gasteiger partial charge is 0.266 e. The van der Waals surface area contributed by atoms with Gasteiger partial charge >= 0.3 is 0 Å². The lowest BCUT2D eigenvalue weighted by atomic mass is 10.2. The lowest BCUT2D eigenvalue weighted by Gasteiger charge is -2.06. The Balaban J connectivity index is 1.95. The van der Waals surface area contributed by atoms with Crippen LogP contribution in [0, 0.1) is 6.92 Å². The number of rotatable bonds is 3. The molecule has 1 heterocycles. The summed E-state index contributed by atoms with van der Waals surface area (Å²) in [6, 6.07) is 7.27. The molecule has 0 bridgehead atoms. The Labute approximate surface area is 97.8 Å². The minimum atomic E-state index is -0.391. The highest BCUT2D eigenvalue weighted by molar-refractivity contribution is 6.00. The summed E-state index contributed by atoms with van der Waals surface area (Å²) in [7, 11) is 0. The lowest BCUT2D eigenvalue weighted by Crippen LogP contribution is -2.26. The third kappa shape index (κ3) is 2.66. The normalized spacial score (nSPS) is 15.9. The van der Waals surface area contributed by atoms with Gasteiger partial charge in [0.1, 0.15) is 0 Å². The van der Waals surface area contributed by atoms with Gasteiger partial charge in [0.15, 0.2) is 0 Å². The summed E-state index contributed by atoms with van der Waals surface area (Å²) < 4.78 is 0. The summed E-state index contributed by atoms with van der Waals surface area (Å²) in [6.45, 7) is 1.96. The van der Waals surface area contributed by atoms with Crippen LogP contribution in [0.3, 0.4) is 0 Å². The number of aryl methyl sites for hydroxylation is 1. The highest BCUT2D eigenvalue weighted by Gasteiger charge is 2.31. The number of hydrogen-bond donors (Lipinski definition) is 0. The van der Waals surface area contributed by atoms with Crippen molar-refractivity contribution in [1.82, 2.24) is 5.06 Å².